The maximum Gasteiger partial charge on any atom is 0.222 e. The number of rotatable bonds is 4. The van der Waals surface area contributed by atoms with E-state index in [0.717, 1.165) is 52.3 Å². The van der Waals surface area contributed by atoms with Gasteiger partial charge in [0.15, 0.2) is 0 Å². The number of hydrogen-bond donors (Lipinski definition) is 2. The predicted octanol–water partition coefficient (Wildman–Crippen LogP) is 3.58. The molecule has 0 aliphatic carbocycles. The average molecular weight is 402 g/mol. The van der Waals surface area contributed by atoms with E-state index in [1.807, 2.05) is 22.9 Å². The topological polar surface area (TPSA) is 97.7 Å². The standard InChI is InChI=1S/C22H22N6O2/c1-13-7-19(15-4-6-30-12-15)26-22(8-13)28-11-17(18-3-5-24-27-18)16-10-23-21(9-20(16)28)25-14(2)29/h3,5,7-11,15H,4,6,12H2,1-2H3,(H,24,27)(H,23,25,29). The zero-order valence-electron chi connectivity index (χ0n) is 16.8. The Bertz CT molecular complexity index is 1220. The number of nitrogens with one attached hydrogen (secondary N) is 2. The minimum Gasteiger partial charge on any atom is -0.381 e. The van der Waals surface area contributed by atoms with E-state index in [0.29, 0.717) is 18.3 Å². The fourth-order valence-electron chi connectivity index (χ4n) is 3.95. The highest BCUT2D eigenvalue weighted by molar-refractivity contribution is 5.98. The van der Waals surface area contributed by atoms with Crippen molar-refractivity contribution in [2.75, 3.05) is 18.5 Å². The molecule has 5 rings (SSSR count). The van der Waals surface area contributed by atoms with Crippen molar-refractivity contribution in [1.29, 1.82) is 0 Å². The molecule has 152 valence electrons. The fourth-order valence-corrected chi connectivity index (χ4v) is 3.95. The molecule has 1 amide bonds. The van der Waals surface area contributed by atoms with Crippen LogP contribution in [0.3, 0.4) is 0 Å². The Morgan fingerprint density at radius 1 is 1.33 bits per heavy atom. The van der Waals surface area contributed by atoms with Crippen molar-refractivity contribution < 1.29 is 9.53 Å². The predicted molar refractivity (Wildman–Crippen MR) is 114 cm³/mol. The van der Waals surface area contributed by atoms with Crippen molar-refractivity contribution in [3.63, 3.8) is 0 Å². The molecular weight excluding hydrogens is 380 g/mol. The van der Waals surface area contributed by atoms with Crippen LogP contribution < -0.4 is 5.32 Å². The number of amides is 1. The molecule has 5 heterocycles. The SMILES string of the molecule is CC(=O)Nc1cc2c(cn1)c(-c1ccn[nH]1)cn2-c1cc(C)cc(C2CCOC2)n1. The van der Waals surface area contributed by atoms with Crippen LogP contribution in [0.4, 0.5) is 5.82 Å². The molecular formula is C22H22N6O2. The molecule has 1 saturated heterocycles. The maximum atomic E-state index is 11.5. The van der Waals surface area contributed by atoms with Crippen molar-refractivity contribution in [2.24, 2.45) is 0 Å². The minimum absolute atomic E-state index is 0.161. The third-order valence-corrected chi connectivity index (χ3v) is 5.36. The second-order valence-electron chi connectivity index (χ2n) is 7.64. The van der Waals surface area contributed by atoms with Crippen LogP contribution in [0.25, 0.3) is 28.0 Å². The number of aromatic nitrogens is 5. The van der Waals surface area contributed by atoms with Crippen LogP contribution in [0.5, 0.6) is 0 Å². The Morgan fingerprint density at radius 2 is 2.23 bits per heavy atom. The van der Waals surface area contributed by atoms with Crippen LogP contribution in [0.2, 0.25) is 0 Å². The summed E-state index contributed by atoms with van der Waals surface area (Å²) >= 11 is 0. The van der Waals surface area contributed by atoms with Gasteiger partial charge in [0.2, 0.25) is 5.91 Å². The van der Waals surface area contributed by atoms with E-state index in [9.17, 15) is 4.79 Å². The van der Waals surface area contributed by atoms with Gasteiger partial charge in [-0.15, -0.1) is 0 Å². The Morgan fingerprint density at radius 3 is 2.97 bits per heavy atom. The lowest BCUT2D eigenvalue weighted by Gasteiger charge is -2.12. The number of carbonyl (C=O) groups is 1. The van der Waals surface area contributed by atoms with Gasteiger partial charge in [-0.1, -0.05) is 0 Å². The lowest BCUT2D eigenvalue weighted by atomic mass is 10.0. The zero-order valence-corrected chi connectivity index (χ0v) is 16.8. The van der Waals surface area contributed by atoms with Crippen LogP contribution in [0, 0.1) is 6.92 Å². The highest BCUT2D eigenvalue weighted by Gasteiger charge is 2.21. The number of carbonyl (C=O) groups excluding carboxylic acids is 1. The van der Waals surface area contributed by atoms with Gasteiger partial charge in [-0.2, -0.15) is 5.10 Å². The lowest BCUT2D eigenvalue weighted by molar-refractivity contribution is -0.114. The smallest absolute Gasteiger partial charge is 0.222 e. The highest BCUT2D eigenvalue weighted by atomic mass is 16.5. The molecule has 1 fully saturated rings. The molecule has 2 N–H and O–H groups in total. The average Bonchev–Trinajstić information content (AvgIpc) is 3.47. The molecule has 0 bridgehead atoms. The first-order chi connectivity index (χ1) is 14.6. The molecule has 30 heavy (non-hydrogen) atoms. The molecule has 0 spiro atoms. The first-order valence-electron chi connectivity index (χ1n) is 9.93. The number of aryl methyl sites for hydroxylation is 1. The maximum absolute atomic E-state index is 11.5. The van der Waals surface area contributed by atoms with Gasteiger partial charge in [-0.05, 0) is 37.1 Å². The number of aromatic amines is 1. The van der Waals surface area contributed by atoms with Crippen molar-refractivity contribution in [3.8, 4) is 17.1 Å². The Kier molecular flexibility index (Phi) is 4.55. The van der Waals surface area contributed by atoms with E-state index in [-0.39, 0.29) is 5.91 Å². The van der Waals surface area contributed by atoms with Gasteiger partial charge in [-0.25, -0.2) is 9.97 Å². The summed E-state index contributed by atoms with van der Waals surface area (Å²) in [7, 11) is 0. The van der Waals surface area contributed by atoms with Crippen molar-refractivity contribution in [2.45, 2.75) is 26.2 Å². The normalized spacial score (nSPS) is 16.3. The lowest BCUT2D eigenvalue weighted by Crippen LogP contribution is -2.08. The molecule has 1 atom stereocenters. The van der Waals surface area contributed by atoms with Crippen LogP contribution in [-0.4, -0.2) is 43.9 Å². The molecule has 0 aromatic carbocycles. The number of pyridine rings is 2. The summed E-state index contributed by atoms with van der Waals surface area (Å²) in [5, 5.41) is 10.8. The molecule has 4 aromatic heterocycles. The minimum atomic E-state index is -0.161. The monoisotopic (exact) mass is 402 g/mol. The third kappa shape index (κ3) is 3.35. The molecule has 1 unspecified atom stereocenters. The van der Waals surface area contributed by atoms with E-state index in [1.54, 1.807) is 12.4 Å². The van der Waals surface area contributed by atoms with Gasteiger partial charge in [0.05, 0.1) is 17.8 Å². The highest BCUT2D eigenvalue weighted by Crippen LogP contribution is 2.33. The molecule has 8 nitrogen and oxygen atoms in total. The van der Waals surface area contributed by atoms with Gasteiger partial charge < -0.3 is 14.6 Å². The number of anilines is 1. The number of ether oxygens (including phenoxy) is 1. The quantitative estimate of drug-likeness (QED) is 0.544. The Hall–Kier alpha value is -3.52. The molecule has 0 saturated carbocycles. The van der Waals surface area contributed by atoms with Gasteiger partial charge in [0.25, 0.3) is 0 Å². The first-order valence-corrected chi connectivity index (χ1v) is 9.93. The van der Waals surface area contributed by atoms with E-state index >= 15 is 0 Å². The van der Waals surface area contributed by atoms with Gasteiger partial charge in [0.1, 0.15) is 11.6 Å². The zero-order chi connectivity index (χ0) is 20.7. The Labute approximate surface area is 173 Å². The summed E-state index contributed by atoms with van der Waals surface area (Å²) in [4.78, 5) is 20.9. The number of H-pyrrole nitrogens is 1. The van der Waals surface area contributed by atoms with E-state index in [2.05, 4.69) is 39.6 Å². The van der Waals surface area contributed by atoms with Crippen LogP contribution in [0.1, 0.15) is 30.5 Å². The molecule has 4 aromatic rings. The van der Waals surface area contributed by atoms with Crippen LogP contribution in [-0.2, 0) is 9.53 Å². The van der Waals surface area contributed by atoms with Crippen molar-refractivity contribution in [1.82, 2.24) is 24.7 Å². The molecule has 8 heteroatoms. The van der Waals surface area contributed by atoms with Gasteiger partial charge >= 0.3 is 0 Å². The van der Waals surface area contributed by atoms with Crippen LogP contribution in [0.15, 0.2) is 42.9 Å². The fraction of sp³-hybridized carbons (Fsp3) is 0.273. The summed E-state index contributed by atoms with van der Waals surface area (Å²) in [5.41, 5.74) is 4.96. The van der Waals surface area contributed by atoms with Gasteiger partial charge in [0, 0.05) is 60.7 Å². The Balaban J connectivity index is 1.70. The summed E-state index contributed by atoms with van der Waals surface area (Å²) in [6.45, 7) is 5.03. The molecule has 1 aliphatic rings. The van der Waals surface area contributed by atoms with Gasteiger partial charge in [-0.3, -0.25) is 9.89 Å². The van der Waals surface area contributed by atoms with Crippen molar-refractivity contribution >= 4 is 22.6 Å². The summed E-state index contributed by atoms with van der Waals surface area (Å²) in [6, 6.07) is 7.99. The second-order valence-corrected chi connectivity index (χ2v) is 7.64. The van der Waals surface area contributed by atoms with E-state index in [4.69, 9.17) is 9.72 Å². The number of fused-ring (bicyclic) bond motifs is 1. The number of hydrogen-bond acceptors (Lipinski definition) is 5. The third-order valence-electron chi connectivity index (χ3n) is 5.36. The summed E-state index contributed by atoms with van der Waals surface area (Å²) < 4.78 is 7.61. The first kappa shape index (κ1) is 18.5. The molecule has 0 radical (unpaired) electrons. The van der Waals surface area contributed by atoms with Crippen LogP contribution >= 0.6 is 0 Å². The molecule has 1 aliphatic heterocycles. The summed E-state index contributed by atoms with van der Waals surface area (Å²) in [6.07, 6.45) is 6.52. The van der Waals surface area contributed by atoms with E-state index in [1.165, 1.54) is 6.92 Å². The van der Waals surface area contributed by atoms with E-state index < -0.39 is 0 Å². The largest absolute Gasteiger partial charge is 0.381 e. The second kappa shape index (κ2) is 7.38. The number of nitrogens with zero attached hydrogens (tertiary/aromatic N) is 4. The van der Waals surface area contributed by atoms with Crippen molar-refractivity contribution in [3.05, 3.63) is 54.1 Å². The summed E-state index contributed by atoms with van der Waals surface area (Å²) in [5.74, 6) is 1.48.